The van der Waals surface area contributed by atoms with E-state index in [1.54, 1.807) is 0 Å². The van der Waals surface area contributed by atoms with Crippen LogP contribution in [0, 0.1) is 5.92 Å². The Labute approximate surface area is 196 Å². The molecule has 4 atom stereocenters. The third-order valence-electron chi connectivity index (χ3n) is 5.62. The van der Waals surface area contributed by atoms with Gasteiger partial charge in [-0.05, 0) is 29.9 Å². The van der Waals surface area contributed by atoms with Gasteiger partial charge >= 0.3 is 0 Å². The fourth-order valence-electron chi connectivity index (χ4n) is 3.66. The molecule has 0 aliphatic rings. The number of nitrogens with two attached hydrogens (primary N) is 3. The highest BCUT2D eigenvalue weighted by Gasteiger charge is 2.29. The molecule has 3 unspecified atom stereocenters. The average Bonchev–Trinajstić information content (AvgIpc) is 2.77. The Morgan fingerprint density at radius 1 is 0.879 bits per heavy atom. The molecule has 8 N–H and O–H groups in total. The van der Waals surface area contributed by atoms with Crippen molar-refractivity contribution < 1.29 is 9.59 Å². The van der Waals surface area contributed by atoms with Crippen LogP contribution in [-0.4, -0.2) is 36.0 Å². The molecule has 2 aromatic rings. The first-order chi connectivity index (χ1) is 15.7. The molecular formula is C26H37N5O2. The molecule has 0 heterocycles. The van der Waals surface area contributed by atoms with Gasteiger partial charge in [0.25, 0.3) is 0 Å². The summed E-state index contributed by atoms with van der Waals surface area (Å²) in [6.45, 7) is 7.97. The molecule has 0 aliphatic carbocycles. The second kappa shape index (κ2) is 12.8. The van der Waals surface area contributed by atoms with Crippen LogP contribution in [0.15, 0.2) is 72.9 Å². The lowest BCUT2D eigenvalue weighted by atomic mass is 9.95. The van der Waals surface area contributed by atoms with Crippen LogP contribution in [-0.2, 0) is 22.4 Å². The number of carbonyl (C=O) groups excluding carboxylic acids is 2. The molecule has 2 aromatic carbocycles. The third kappa shape index (κ3) is 8.71. The zero-order chi connectivity index (χ0) is 24.4. The van der Waals surface area contributed by atoms with E-state index in [1.807, 2.05) is 74.5 Å². The standard InChI is InChI=1S/C26H37N5O2/c1-17(2)25(30-18(3)21(27)14-19-10-6-4-7-11-19)26(33)31-23(22(28)16-24(29)32)15-20-12-8-5-9-13-20/h4-13,17,21-23,25,30H,3,14-16,27-28H2,1-2H3,(H2,29,32)(H,31,33)/t21?,22-,23?,25?/m0/s1. The first kappa shape index (κ1) is 26.1. The van der Waals surface area contributed by atoms with E-state index in [-0.39, 0.29) is 24.3 Å². The maximum absolute atomic E-state index is 13.3. The molecule has 0 radical (unpaired) electrons. The molecule has 0 spiro atoms. The molecule has 2 rings (SSSR count). The summed E-state index contributed by atoms with van der Waals surface area (Å²) in [5.41, 5.74) is 20.6. The van der Waals surface area contributed by atoms with Crippen molar-refractivity contribution in [2.75, 3.05) is 0 Å². The Hall–Kier alpha value is -3.16. The van der Waals surface area contributed by atoms with Crippen molar-refractivity contribution in [3.05, 3.63) is 84.1 Å². The van der Waals surface area contributed by atoms with E-state index < -0.39 is 24.0 Å². The molecule has 33 heavy (non-hydrogen) atoms. The van der Waals surface area contributed by atoms with Gasteiger partial charge in [-0.25, -0.2) is 0 Å². The van der Waals surface area contributed by atoms with Gasteiger partial charge < -0.3 is 27.8 Å². The van der Waals surface area contributed by atoms with E-state index >= 15 is 0 Å². The van der Waals surface area contributed by atoms with E-state index in [1.165, 1.54) is 0 Å². The zero-order valence-corrected chi connectivity index (χ0v) is 19.5. The van der Waals surface area contributed by atoms with E-state index in [9.17, 15) is 9.59 Å². The predicted octanol–water partition coefficient (Wildman–Crippen LogP) is 1.61. The van der Waals surface area contributed by atoms with Gasteiger partial charge in [-0.15, -0.1) is 0 Å². The molecule has 0 aromatic heterocycles. The summed E-state index contributed by atoms with van der Waals surface area (Å²) in [5, 5.41) is 6.25. The fraction of sp³-hybridized carbons (Fsp3) is 0.385. The number of rotatable bonds is 13. The van der Waals surface area contributed by atoms with Gasteiger partial charge in [0.2, 0.25) is 11.8 Å². The molecule has 178 valence electrons. The summed E-state index contributed by atoms with van der Waals surface area (Å²) >= 11 is 0. The summed E-state index contributed by atoms with van der Waals surface area (Å²) < 4.78 is 0. The van der Waals surface area contributed by atoms with E-state index in [0.29, 0.717) is 18.5 Å². The number of amides is 2. The van der Waals surface area contributed by atoms with Crippen LogP contribution in [0.1, 0.15) is 31.4 Å². The molecule has 2 amide bonds. The number of nitrogens with one attached hydrogen (secondary N) is 2. The maximum Gasteiger partial charge on any atom is 0.243 e. The van der Waals surface area contributed by atoms with Gasteiger partial charge in [-0.2, -0.15) is 0 Å². The molecule has 0 aliphatic heterocycles. The van der Waals surface area contributed by atoms with Crippen molar-refractivity contribution >= 4 is 11.8 Å². The number of carbonyl (C=O) groups is 2. The normalized spacial score (nSPS) is 14.7. The molecule has 7 nitrogen and oxygen atoms in total. The third-order valence-corrected chi connectivity index (χ3v) is 5.62. The SMILES string of the molecule is C=C(NC(C(=O)NC(Cc1ccccc1)[C@@H](N)CC(N)=O)C(C)C)C(N)Cc1ccccc1. The lowest BCUT2D eigenvalue weighted by molar-refractivity contribution is -0.125. The number of hydrogen-bond acceptors (Lipinski definition) is 5. The minimum Gasteiger partial charge on any atom is -0.376 e. The van der Waals surface area contributed by atoms with Gasteiger partial charge in [-0.3, -0.25) is 9.59 Å². The maximum atomic E-state index is 13.3. The Kier molecular flexibility index (Phi) is 10.1. The first-order valence-corrected chi connectivity index (χ1v) is 11.3. The van der Waals surface area contributed by atoms with Crippen molar-refractivity contribution in [1.29, 1.82) is 0 Å². The van der Waals surface area contributed by atoms with Gasteiger partial charge in [0, 0.05) is 30.2 Å². The van der Waals surface area contributed by atoms with Crippen molar-refractivity contribution in [3.8, 4) is 0 Å². The largest absolute Gasteiger partial charge is 0.376 e. The Balaban J connectivity index is 2.09. The van der Waals surface area contributed by atoms with Crippen molar-refractivity contribution in [2.45, 2.75) is 57.3 Å². The van der Waals surface area contributed by atoms with Gasteiger partial charge in [0.05, 0.1) is 0 Å². The zero-order valence-electron chi connectivity index (χ0n) is 19.5. The number of benzene rings is 2. The fourth-order valence-corrected chi connectivity index (χ4v) is 3.66. The van der Waals surface area contributed by atoms with Gasteiger partial charge in [0.1, 0.15) is 6.04 Å². The predicted molar refractivity (Wildman–Crippen MR) is 133 cm³/mol. The summed E-state index contributed by atoms with van der Waals surface area (Å²) in [7, 11) is 0. The minimum absolute atomic E-state index is 0.0216. The molecule has 0 fully saturated rings. The van der Waals surface area contributed by atoms with Gasteiger partial charge in [-0.1, -0.05) is 81.1 Å². The summed E-state index contributed by atoms with van der Waals surface area (Å²) in [6, 6.07) is 17.6. The Morgan fingerprint density at radius 2 is 1.39 bits per heavy atom. The quantitative estimate of drug-likeness (QED) is 0.315. The van der Waals surface area contributed by atoms with E-state index in [4.69, 9.17) is 17.2 Å². The molecule has 0 saturated heterocycles. The van der Waals surface area contributed by atoms with E-state index in [0.717, 1.165) is 11.1 Å². The van der Waals surface area contributed by atoms with Gasteiger partial charge in [0.15, 0.2) is 0 Å². The minimum atomic E-state index is -0.608. The Morgan fingerprint density at radius 3 is 1.88 bits per heavy atom. The summed E-state index contributed by atoms with van der Waals surface area (Å²) in [5.74, 6) is -0.761. The number of primary amides is 1. The van der Waals surface area contributed by atoms with Crippen LogP contribution < -0.4 is 27.8 Å². The smallest absolute Gasteiger partial charge is 0.243 e. The molecular weight excluding hydrogens is 414 g/mol. The van der Waals surface area contributed by atoms with Crippen LogP contribution in [0.4, 0.5) is 0 Å². The average molecular weight is 452 g/mol. The second-order valence-electron chi connectivity index (χ2n) is 8.83. The monoisotopic (exact) mass is 451 g/mol. The van der Waals surface area contributed by atoms with E-state index in [2.05, 4.69) is 17.2 Å². The highest BCUT2D eigenvalue weighted by Crippen LogP contribution is 2.12. The van der Waals surface area contributed by atoms with Crippen LogP contribution in [0.3, 0.4) is 0 Å². The van der Waals surface area contributed by atoms with Crippen molar-refractivity contribution in [3.63, 3.8) is 0 Å². The molecule has 0 bridgehead atoms. The lowest BCUT2D eigenvalue weighted by Gasteiger charge is -2.30. The van der Waals surface area contributed by atoms with Crippen LogP contribution in [0.5, 0.6) is 0 Å². The molecule has 7 heteroatoms. The lowest BCUT2D eigenvalue weighted by Crippen LogP contribution is -2.56. The summed E-state index contributed by atoms with van der Waals surface area (Å²) in [6.07, 6.45) is 1.08. The van der Waals surface area contributed by atoms with Crippen molar-refractivity contribution in [1.82, 2.24) is 10.6 Å². The van der Waals surface area contributed by atoms with Crippen LogP contribution in [0.2, 0.25) is 0 Å². The first-order valence-electron chi connectivity index (χ1n) is 11.3. The second-order valence-corrected chi connectivity index (χ2v) is 8.83. The topological polar surface area (TPSA) is 136 Å². The van der Waals surface area contributed by atoms with Crippen LogP contribution in [0.25, 0.3) is 0 Å². The highest BCUT2D eigenvalue weighted by molar-refractivity contribution is 5.83. The highest BCUT2D eigenvalue weighted by atomic mass is 16.2. The molecule has 0 saturated carbocycles. The summed E-state index contributed by atoms with van der Waals surface area (Å²) in [4.78, 5) is 24.7. The number of hydrogen-bond donors (Lipinski definition) is 5. The Bertz CT molecular complexity index is 901. The van der Waals surface area contributed by atoms with Crippen LogP contribution >= 0.6 is 0 Å². The van der Waals surface area contributed by atoms with Crippen molar-refractivity contribution in [2.24, 2.45) is 23.1 Å².